The van der Waals surface area contributed by atoms with E-state index in [-0.39, 0.29) is 5.69 Å². The van der Waals surface area contributed by atoms with E-state index in [9.17, 15) is 13.6 Å². The SMILES string of the molecule is C=CCCCCCC(Nc1cc(F)cc(F)c1)C(=O)OC. The molecule has 0 fully saturated rings. The molecule has 1 unspecified atom stereocenters. The number of unbranched alkanes of at least 4 members (excludes halogenated alkanes) is 3. The molecular formula is C16H21F2NO2. The van der Waals surface area contributed by atoms with Crippen molar-refractivity contribution in [3.05, 3.63) is 42.5 Å². The molecule has 0 radical (unpaired) electrons. The van der Waals surface area contributed by atoms with Gasteiger partial charge in [0, 0.05) is 11.8 Å². The van der Waals surface area contributed by atoms with Crippen LogP contribution < -0.4 is 5.32 Å². The molecule has 0 aliphatic carbocycles. The molecule has 21 heavy (non-hydrogen) atoms. The van der Waals surface area contributed by atoms with Gasteiger partial charge in [-0.15, -0.1) is 6.58 Å². The smallest absolute Gasteiger partial charge is 0.328 e. The topological polar surface area (TPSA) is 38.3 Å². The lowest BCUT2D eigenvalue weighted by molar-refractivity contribution is -0.141. The maximum Gasteiger partial charge on any atom is 0.328 e. The van der Waals surface area contributed by atoms with Gasteiger partial charge >= 0.3 is 5.97 Å². The lowest BCUT2D eigenvalue weighted by Crippen LogP contribution is -2.30. The number of anilines is 1. The van der Waals surface area contributed by atoms with E-state index in [1.165, 1.54) is 7.11 Å². The molecule has 1 N–H and O–H groups in total. The van der Waals surface area contributed by atoms with E-state index in [2.05, 4.69) is 11.9 Å². The fourth-order valence-electron chi connectivity index (χ4n) is 2.04. The first-order chi connectivity index (χ1) is 10.1. The highest BCUT2D eigenvalue weighted by Gasteiger charge is 2.19. The van der Waals surface area contributed by atoms with Gasteiger partial charge in [0.15, 0.2) is 0 Å². The van der Waals surface area contributed by atoms with Gasteiger partial charge in [0.25, 0.3) is 0 Å². The second kappa shape index (κ2) is 9.10. The maximum absolute atomic E-state index is 13.1. The Hall–Kier alpha value is -1.91. The highest BCUT2D eigenvalue weighted by Crippen LogP contribution is 2.17. The second-order valence-corrected chi connectivity index (χ2v) is 4.80. The molecule has 3 nitrogen and oxygen atoms in total. The van der Waals surface area contributed by atoms with Crippen molar-refractivity contribution < 1.29 is 18.3 Å². The number of hydrogen-bond acceptors (Lipinski definition) is 3. The first kappa shape index (κ1) is 17.1. The number of benzene rings is 1. The second-order valence-electron chi connectivity index (χ2n) is 4.80. The minimum atomic E-state index is -0.688. The normalized spacial score (nSPS) is 11.8. The number of rotatable bonds is 9. The van der Waals surface area contributed by atoms with Crippen molar-refractivity contribution in [1.29, 1.82) is 0 Å². The van der Waals surface area contributed by atoms with Crippen molar-refractivity contribution in [3.8, 4) is 0 Å². The molecule has 1 aromatic rings. The molecule has 0 aliphatic heterocycles. The van der Waals surface area contributed by atoms with E-state index in [1.54, 1.807) is 0 Å². The maximum atomic E-state index is 13.1. The third kappa shape index (κ3) is 6.38. The summed E-state index contributed by atoms with van der Waals surface area (Å²) in [6.07, 6.45) is 6.11. The van der Waals surface area contributed by atoms with E-state index < -0.39 is 23.6 Å². The Labute approximate surface area is 124 Å². The third-order valence-corrected chi connectivity index (χ3v) is 3.09. The number of esters is 1. The lowest BCUT2D eigenvalue weighted by Gasteiger charge is -2.17. The molecule has 0 saturated carbocycles. The summed E-state index contributed by atoms with van der Waals surface area (Å²) >= 11 is 0. The van der Waals surface area contributed by atoms with Crippen LogP contribution in [0.1, 0.15) is 32.1 Å². The lowest BCUT2D eigenvalue weighted by atomic mass is 10.1. The quantitative estimate of drug-likeness (QED) is 0.424. The zero-order valence-electron chi connectivity index (χ0n) is 12.2. The number of halogens is 2. The minimum Gasteiger partial charge on any atom is -0.467 e. The van der Waals surface area contributed by atoms with Crippen LogP contribution in [0.2, 0.25) is 0 Å². The Balaban J connectivity index is 2.60. The average Bonchev–Trinajstić information content (AvgIpc) is 2.44. The summed E-state index contributed by atoms with van der Waals surface area (Å²) in [5.41, 5.74) is 0.231. The Kier molecular flexibility index (Phi) is 7.43. The summed E-state index contributed by atoms with van der Waals surface area (Å²) in [5, 5.41) is 2.83. The van der Waals surface area contributed by atoms with Gasteiger partial charge in [0.1, 0.15) is 17.7 Å². The number of carbonyl (C=O) groups excluding carboxylic acids is 1. The monoisotopic (exact) mass is 297 g/mol. The summed E-state index contributed by atoms with van der Waals surface area (Å²) in [6, 6.07) is 2.47. The fourth-order valence-corrected chi connectivity index (χ4v) is 2.04. The number of allylic oxidation sites excluding steroid dienone is 1. The summed E-state index contributed by atoms with van der Waals surface area (Å²) in [6.45, 7) is 3.65. The summed E-state index contributed by atoms with van der Waals surface area (Å²) in [7, 11) is 1.29. The van der Waals surface area contributed by atoms with Crippen LogP contribution in [-0.4, -0.2) is 19.1 Å². The van der Waals surface area contributed by atoms with E-state index in [0.717, 1.165) is 43.9 Å². The highest BCUT2D eigenvalue weighted by molar-refractivity contribution is 5.79. The number of nitrogens with one attached hydrogen (secondary N) is 1. The molecule has 1 rings (SSSR count). The molecule has 1 atom stereocenters. The average molecular weight is 297 g/mol. The standard InChI is InChI=1S/C16H21F2NO2/c1-3-4-5-6-7-8-15(16(20)21-2)19-14-10-12(17)9-13(18)11-14/h3,9-11,15,19H,1,4-8H2,2H3. The Morgan fingerprint density at radius 3 is 2.52 bits per heavy atom. The largest absolute Gasteiger partial charge is 0.467 e. The zero-order valence-corrected chi connectivity index (χ0v) is 12.2. The predicted octanol–water partition coefficient (Wildman–Crippen LogP) is 4.05. The number of carbonyl (C=O) groups is 1. The van der Waals surface area contributed by atoms with Gasteiger partial charge in [-0.2, -0.15) is 0 Å². The molecule has 0 aromatic heterocycles. The van der Waals surface area contributed by atoms with Crippen molar-refractivity contribution in [2.45, 2.75) is 38.1 Å². The first-order valence-electron chi connectivity index (χ1n) is 6.98. The van der Waals surface area contributed by atoms with Gasteiger partial charge in [-0.1, -0.05) is 18.9 Å². The molecular weight excluding hydrogens is 276 g/mol. The summed E-state index contributed by atoms with van der Waals surface area (Å²) in [4.78, 5) is 11.7. The van der Waals surface area contributed by atoms with Crippen molar-refractivity contribution in [3.63, 3.8) is 0 Å². The van der Waals surface area contributed by atoms with E-state index in [0.29, 0.717) is 6.42 Å². The van der Waals surface area contributed by atoms with Crippen molar-refractivity contribution in [2.24, 2.45) is 0 Å². The van der Waals surface area contributed by atoms with Crippen molar-refractivity contribution in [2.75, 3.05) is 12.4 Å². The molecule has 5 heteroatoms. The van der Waals surface area contributed by atoms with Gasteiger partial charge in [-0.25, -0.2) is 13.6 Å². The first-order valence-corrected chi connectivity index (χ1v) is 6.98. The van der Waals surface area contributed by atoms with Crippen LogP contribution in [0.15, 0.2) is 30.9 Å². The molecule has 0 saturated heterocycles. The van der Waals surface area contributed by atoms with Crippen LogP contribution in [0.4, 0.5) is 14.5 Å². The van der Waals surface area contributed by atoms with Gasteiger partial charge < -0.3 is 10.1 Å². The molecule has 0 amide bonds. The molecule has 0 bridgehead atoms. The molecule has 1 aromatic carbocycles. The van der Waals surface area contributed by atoms with Crippen LogP contribution in [0, 0.1) is 11.6 Å². The number of hydrogen-bond donors (Lipinski definition) is 1. The Morgan fingerprint density at radius 2 is 1.95 bits per heavy atom. The van der Waals surface area contributed by atoms with Crippen LogP contribution in [-0.2, 0) is 9.53 Å². The van der Waals surface area contributed by atoms with Crippen molar-refractivity contribution in [1.82, 2.24) is 0 Å². The van der Waals surface area contributed by atoms with Gasteiger partial charge in [-0.3, -0.25) is 0 Å². The van der Waals surface area contributed by atoms with Crippen LogP contribution >= 0.6 is 0 Å². The summed E-state index contributed by atoms with van der Waals surface area (Å²) < 4.78 is 31.0. The summed E-state index contributed by atoms with van der Waals surface area (Å²) in [5.74, 6) is -1.82. The highest BCUT2D eigenvalue weighted by atomic mass is 19.1. The van der Waals surface area contributed by atoms with E-state index in [4.69, 9.17) is 4.74 Å². The minimum absolute atomic E-state index is 0.231. The van der Waals surface area contributed by atoms with E-state index >= 15 is 0 Å². The number of methoxy groups -OCH3 is 1. The fraction of sp³-hybridized carbons (Fsp3) is 0.438. The van der Waals surface area contributed by atoms with Crippen LogP contribution in [0.3, 0.4) is 0 Å². The van der Waals surface area contributed by atoms with E-state index in [1.807, 2.05) is 6.08 Å². The Bertz CT molecular complexity index is 457. The molecule has 0 spiro atoms. The third-order valence-electron chi connectivity index (χ3n) is 3.09. The van der Waals surface area contributed by atoms with Crippen molar-refractivity contribution >= 4 is 11.7 Å². The molecule has 0 aliphatic rings. The zero-order chi connectivity index (χ0) is 15.7. The Morgan fingerprint density at radius 1 is 1.29 bits per heavy atom. The van der Waals surface area contributed by atoms with Gasteiger partial charge in [0.2, 0.25) is 0 Å². The molecule has 0 heterocycles. The van der Waals surface area contributed by atoms with Gasteiger partial charge in [-0.05, 0) is 31.4 Å². The van der Waals surface area contributed by atoms with Gasteiger partial charge in [0.05, 0.1) is 7.11 Å². The predicted molar refractivity (Wildman–Crippen MR) is 79.1 cm³/mol. The molecule has 116 valence electrons. The van der Waals surface area contributed by atoms with Crippen LogP contribution in [0.25, 0.3) is 0 Å². The van der Waals surface area contributed by atoms with Crippen LogP contribution in [0.5, 0.6) is 0 Å². The number of ether oxygens (including phenoxy) is 1.